The number of aromatic hydroxyl groups is 1. The summed E-state index contributed by atoms with van der Waals surface area (Å²) < 4.78 is 26.4. The number of nitrogens with zero attached hydrogens (tertiary/aromatic N) is 4. The van der Waals surface area contributed by atoms with Crippen molar-refractivity contribution in [1.82, 2.24) is 4.57 Å². The fraction of sp³-hybridized carbons (Fsp3) is 0.200. The summed E-state index contributed by atoms with van der Waals surface area (Å²) in [5.41, 5.74) is 0.386. The number of hydrogen-bond acceptors (Lipinski definition) is 8. The van der Waals surface area contributed by atoms with Crippen LogP contribution in [0.2, 0.25) is 5.02 Å². The van der Waals surface area contributed by atoms with Crippen molar-refractivity contribution in [3.63, 3.8) is 0 Å². The molecular formula is C15H13ClN4O5S. The lowest BCUT2D eigenvalue weighted by Crippen LogP contribution is -2.20. The molecule has 1 heterocycles. The Kier molecular flexibility index (Phi) is 7.64. The van der Waals surface area contributed by atoms with Crippen LogP contribution in [0.3, 0.4) is 0 Å². The highest BCUT2D eigenvalue weighted by Gasteiger charge is 2.18. The fourth-order valence-electron chi connectivity index (χ4n) is 1.97. The number of aromatic nitrogens is 1. The van der Waals surface area contributed by atoms with Gasteiger partial charge in [0.25, 0.3) is 5.56 Å². The van der Waals surface area contributed by atoms with Crippen LogP contribution >= 0.6 is 11.6 Å². The topological polar surface area (TPSA) is 142 Å². The minimum Gasteiger partial charge on any atom is -0.493 e. The van der Waals surface area contributed by atoms with E-state index in [1.807, 2.05) is 6.07 Å². The normalized spacial score (nSPS) is 10.1. The first kappa shape index (κ1) is 21.0. The van der Waals surface area contributed by atoms with E-state index in [2.05, 4.69) is 10.2 Å². The van der Waals surface area contributed by atoms with Crippen molar-refractivity contribution in [3.8, 4) is 11.9 Å². The zero-order valence-corrected chi connectivity index (χ0v) is 15.2. The van der Waals surface area contributed by atoms with Gasteiger partial charge in [-0.1, -0.05) is 11.6 Å². The molecule has 0 saturated carbocycles. The van der Waals surface area contributed by atoms with Gasteiger partial charge in [0.05, 0.1) is 5.69 Å². The van der Waals surface area contributed by atoms with Gasteiger partial charge < -0.3 is 5.11 Å². The summed E-state index contributed by atoms with van der Waals surface area (Å²) >= 11 is 5.79. The first-order valence-electron chi connectivity index (χ1n) is 7.03. The molecule has 9 nitrogen and oxygen atoms in total. The Bertz CT molecular complexity index is 1030. The number of pyridine rings is 1. The molecule has 1 aromatic carbocycles. The van der Waals surface area contributed by atoms with Crippen molar-refractivity contribution < 1.29 is 17.7 Å². The zero-order valence-electron chi connectivity index (χ0n) is 13.7. The molecule has 1 aromatic heterocycles. The largest absolute Gasteiger partial charge is 0.493 e. The van der Waals surface area contributed by atoms with E-state index in [4.69, 9.17) is 29.5 Å². The molecule has 0 fully saturated rings. The van der Waals surface area contributed by atoms with Crippen LogP contribution in [0.4, 0.5) is 11.4 Å². The molecule has 26 heavy (non-hydrogen) atoms. The quantitative estimate of drug-likeness (QED) is 0.790. The summed E-state index contributed by atoms with van der Waals surface area (Å²) in [6.45, 7) is 3.47. The zero-order chi connectivity index (χ0) is 19.9. The maximum absolute atomic E-state index is 12.3. The SMILES string of the molecule is CCn1c(O)c(C#N)c(C)c(N=Nc2ccc(Cl)cc2)c1=O.O=S(=O)=O. The van der Waals surface area contributed by atoms with Crippen molar-refractivity contribution in [2.45, 2.75) is 20.4 Å². The number of rotatable bonds is 3. The van der Waals surface area contributed by atoms with E-state index in [9.17, 15) is 9.90 Å². The lowest BCUT2D eigenvalue weighted by Gasteiger charge is -2.10. The minimum atomic E-state index is -3.11. The number of benzene rings is 1. The minimum absolute atomic E-state index is 0.0199. The Morgan fingerprint density at radius 2 is 1.77 bits per heavy atom. The Labute approximate surface area is 154 Å². The van der Waals surface area contributed by atoms with Crippen molar-refractivity contribution in [2.75, 3.05) is 0 Å². The maximum atomic E-state index is 12.3. The Balaban J connectivity index is 0.000000765. The first-order valence-corrected chi connectivity index (χ1v) is 8.41. The summed E-state index contributed by atoms with van der Waals surface area (Å²) in [6, 6.07) is 8.51. The van der Waals surface area contributed by atoms with Crippen LogP contribution in [0.15, 0.2) is 39.3 Å². The van der Waals surface area contributed by atoms with E-state index in [0.29, 0.717) is 16.3 Å². The second kappa shape index (κ2) is 9.45. The third-order valence-corrected chi connectivity index (χ3v) is 3.43. The number of hydrogen-bond donors (Lipinski definition) is 1. The molecule has 2 rings (SSSR count). The van der Waals surface area contributed by atoms with E-state index < -0.39 is 16.2 Å². The summed E-state index contributed by atoms with van der Waals surface area (Å²) in [6.07, 6.45) is 0. The van der Waals surface area contributed by atoms with E-state index in [1.54, 1.807) is 38.1 Å². The van der Waals surface area contributed by atoms with Gasteiger partial charge in [0, 0.05) is 17.1 Å². The van der Waals surface area contributed by atoms with Crippen LogP contribution in [0.5, 0.6) is 5.88 Å². The molecule has 0 spiro atoms. The molecule has 0 radical (unpaired) electrons. The second-order valence-corrected chi connectivity index (χ2v) is 5.56. The highest BCUT2D eigenvalue weighted by molar-refractivity contribution is 7.59. The van der Waals surface area contributed by atoms with Crippen LogP contribution in [0.1, 0.15) is 18.1 Å². The van der Waals surface area contributed by atoms with Crippen molar-refractivity contribution in [3.05, 3.63) is 50.8 Å². The maximum Gasteiger partial charge on any atom is 0.425 e. The Morgan fingerprint density at radius 3 is 2.23 bits per heavy atom. The van der Waals surface area contributed by atoms with Crippen molar-refractivity contribution in [2.24, 2.45) is 10.2 Å². The van der Waals surface area contributed by atoms with Gasteiger partial charge in [-0.2, -0.15) is 10.4 Å². The highest BCUT2D eigenvalue weighted by Crippen LogP contribution is 2.27. The lowest BCUT2D eigenvalue weighted by atomic mass is 10.1. The lowest BCUT2D eigenvalue weighted by molar-refractivity contribution is 0.409. The van der Waals surface area contributed by atoms with Crippen LogP contribution in [0, 0.1) is 18.3 Å². The van der Waals surface area contributed by atoms with Gasteiger partial charge in [-0.05, 0) is 38.1 Å². The predicted molar refractivity (Wildman–Crippen MR) is 92.8 cm³/mol. The molecule has 11 heteroatoms. The van der Waals surface area contributed by atoms with E-state index in [-0.39, 0.29) is 23.7 Å². The second-order valence-electron chi connectivity index (χ2n) is 4.71. The van der Waals surface area contributed by atoms with Gasteiger partial charge in [0.1, 0.15) is 11.6 Å². The summed E-state index contributed by atoms with van der Waals surface area (Å²) in [4.78, 5) is 12.3. The Morgan fingerprint density at radius 1 is 1.23 bits per heavy atom. The molecule has 1 N–H and O–H groups in total. The summed E-state index contributed by atoms with van der Waals surface area (Å²) in [5, 5.41) is 27.6. The van der Waals surface area contributed by atoms with Gasteiger partial charge in [-0.15, -0.1) is 17.7 Å². The first-order chi connectivity index (χ1) is 12.2. The summed E-state index contributed by atoms with van der Waals surface area (Å²) in [7, 11) is -3.11. The van der Waals surface area contributed by atoms with Gasteiger partial charge in [-0.3, -0.25) is 9.36 Å². The molecule has 136 valence electrons. The molecule has 0 atom stereocenters. The standard InChI is InChI=1S/C15H13ClN4O2.O3S/c1-3-20-14(21)12(8-17)9(2)13(15(20)22)19-18-11-6-4-10(16)5-7-11;1-4(2)3/h4-7,21H,3H2,1-2H3;. The molecule has 0 aliphatic carbocycles. The molecule has 0 bridgehead atoms. The van der Waals surface area contributed by atoms with Gasteiger partial charge in [0.2, 0.25) is 5.88 Å². The molecule has 0 aliphatic heterocycles. The molecule has 2 aromatic rings. The number of halogens is 1. The third kappa shape index (κ3) is 5.23. The van der Waals surface area contributed by atoms with Gasteiger partial charge >= 0.3 is 10.6 Å². The molecular weight excluding hydrogens is 384 g/mol. The van der Waals surface area contributed by atoms with Gasteiger partial charge in [0.15, 0.2) is 5.69 Å². The number of nitriles is 1. The van der Waals surface area contributed by atoms with Crippen LogP contribution in [0.25, 0.3) is 0 Å². The average molecular weight is 397 g/mol. The van der Waals surface area contributed by atoms with E-state index in [1.165, 1.54) is 0 Å². The molecule has 0 aliphatic rings. The molecule has 0 amide bonds. The van der Waals surface area contributed by atoms with E-state index in [0.717, 1.165) is 4.57 Å². The van der Waals surface area contributed by atoms with Crippen LogP contribution in [-0.4, -0.2) is 22.3 Å². The predicted octanol–water partition coefficient (Wildman–Crippen LogP) is 2.82. The fourth-order valence-corrected chi connectivity index (χ4v) is 2.09. The highest BCUT2D eigenvalue weighted by atomic mass is 35.5. The summed E-state index contributed by atoms with van der Waals surface area (Å²) in [5.74, 6) is -0.349. The number of azo groups is 1. The Hall–Kier alpha value is -3.03. The smallest absolute Gasteiger partial charge is 0.425 e. The molecule has 0 saturated heterocycles. The third-order valence-electron chi connectivity index (χ3n) is 3.18. The van der Waals surface area contributed by atoms with Crippen molar-refractivity contribution in [1.29, 1.82) is 5.26 Å². The molecule has 0 unspecified atom stereocenters. The monoisotopic (exact) mass is 396 g/mol. The van der Waals surface area contributed by atoms with E-state index >= 15 is 0 Å². The van der Waals surface area contributed by atoms with Crippen molar-refractivity contribution >= 4 is 33.6 Å². The van der Waals surface area contributed by atoms with Crippen LogP contribution < -0.4 is 5.56 Å². The van der Waals surface area contributed by atoms with Gasteiger partial charge in [-0.25, -0.2) is 0 Å². The van der Waals surface area contributed by atoms with Crippen LogP contribution in [-0.2, 0) is 17.2 Å². The average Bonchev–Trinajstić information content (AvgIpc) is 2.56.